The molecule has 0 nitrogen and oxygen atoms in total. The Balaban J connectivity index is 0.00000104. The molecular weight excluding hydrogens is 414 g/mol. The minimum Gasteiger partial charge on any atom is -0.147 e. The Hall–Kier alpha value is -0.747. The van der Waals surface area contributed by atoms with E-state index in [1.165, 1.54) is 23.1 Å². The molecule has 0 radical (unpaired) electrons. The average molecular weight is 437 g/mol. The minimum atomic E-state index is -1.86. The maximum Gasteiger partial charge on any atom is -0.147 e. The Bertz CT molecular complexity index is 856. The van der Waals surface area contributed by atoms with E-state index in [-0.39, 0.29) is 24.8 Å². The van der Waals surface area contributed by atoms with Crippen molar-refractivity contribution >= 4 is 31.3 Å². The van der Waals surface area contributed by atoms with Gasteiger partial charge in [-0.2, -0.15) is 0 Å². The van der Waals surface area contributed by atoms with E-state index in [0.29, 0.717) is 0 Å². The molecule has 0 aliphatic heterocycles. The number of rotatable bonds is 2. The summed E-state index contributed by atoms with van der Waals surface area (Å²) < 4.78 is 5.11. The van der Waals surface area contributed by atoms with Crippen LogP contribution in [0.3, 0.4) is 0 Å². The van der Waals surface area contributed by atoms with E-state index in [2.05, 4.69) is 74.5 Å². The van der Waals surface area contributed by atoms with Crippen molar-refractivity contribution in [1.29, 1.82) is 0 Å². The van der Waals surface area contributed by atoms with Crippen LogP contribution in [0.4, 0.5) is 0 Å². The molecule has 0 N–H and O–H groups in total. The normalized spacial score (nSPS) is 13.3. The maximum absolute atomic E-state index is 2.42. The second-order valence-corrected chi connectivity index (χ2v) is 13.6. The topological polar surface area (TPSA) is 0 Å². The van der Waals surface area contributed by atoms with Crippen LogP contribution in [0.2, 0.25) is 0 Å². The molecule has 4 rings (SSSR count). The van der Waals surface area contributed by atoms with E-state index >= 15 is 0 Å². The predicted molar refractivity (Wildman–Crippen MR) is 107 cm³/mol. The summed E-state index contributed by atoms with van der Waals surface area (Å²) in [5, 5.41) is 0. The van der Waals surface area contributed by atoms with Crippen LogP contribution < -0.4 is 3.27 Å². The summed E-state index contributed by atoms with van der Waals surface area (Å²) in [4.78, 5) is 0. The third-order valence-electron chi connectivity index (χ3n) is 4.71. The van der Waals surface area contributed by atoms with Crippen LogP contribution in [-0.2, 0) is 27.7 Å². The number of fused-ring (bicyclic) bond motifs is 3. The monoisotopic (exact) mass is 434 g/mol. The van der Waals surface area contributed by atoms with Crippen molar-refractivity contribution in [3.63, 3.8) is 0 Å². The van der Waals surface area contributed by atoms with Crippen molar-refractivity contribution in [2.45, 2.75) is 26.7 Å². The van der Waals surface area contributed by atoms with Gasteiger partial charge in [0.15, 0.2) is 0 Å². The van der Waals surface area contributed by atoms with E-state index in [1.807, 2.05) is 0 Å². The third-order valence-corrected chi connectivity index (χ3v) is 12.1. The first-order chi connectivity index (χ1) is 10.8. The summed E-state index contributed by atoms with van der Waals surface area (Å²) in [6.07, 6.45) is 9.26. The zero-order chi connectivity index (χ0) is 15.1. The van der Waals surface area contributed by atoms with E-state index in [0.717, 1.165) is 6.42 Å². The minimum absolute atomic E-state index is 0. The van der Waals surface area contributed by atoms with Crippen molar-refractivity contribution in [3.8, 4) is 11.1 Å². The van der Waals surface area contributed by atoms with Gasteiger partial charge in [-0.05, 0) is 0 Å². The van der Waals surface area contributed by atoms with E-state index in [9.17, 15) is 0 Å². The molecule has 2 aliphatic rings. The van der Waals surface area contributed by atoms with Crippen LogP contribution in [-0.4, -0.2) is 3.21 Å². The molecule has 0 saturated heterocycles. The van der Waals surface area contributed by atoms with Crippen LogP contribution in [0.5, 0.6) is 0 Å². The number of benzene rings is 2. The fraction of sp³-hybridized carbons (Fsp3) is 0.190. The smallest absolute Gasteiger partial charge is 0.147 e. The summed E-state index contributed by atoms with van der Waals surface area (Å²) >= 11 is -1.86. The molecule has 2 aromatic carbocycles. The Morgan fingerprint density at radius 1 is 0.917 bits per heavy atom. The molecule has 24 heavy (non-hydrogen) atoms. The van der Waals surface area contributed by atoms with Crippen LogP contribution in [0.25, 0.3) is 11.1 Å². The SMILES string of the molecule is C[C](C)=[Zr]([C]1=CC=CC1)[c]1cccc2c1Cc1ccccc1-2.Cl.Cl. The van der Waals surface area contributed by atoms with Crippen LogP contribution in [0, 0.1) is 0 Å². The molecule has 3 heteroatoms. The van der Waals surface area contributed by atoms with Gasteiger partial charge in [-0.1, -0.05) is 0 Å². The van der Waals surface area contributed by atoms with Crippen LogP contribution in [0.1, 0.15) is 31.4 Å². The predicted octanol–water partition coefficient (Wildman–Crippen LogP) is 5.40. The number of allylic oxidation sites excluding steroid dienone is 4. The first-order valence-electron chi connectivity index (χ1n) is 8.00. The third kappa shape index (κ3) is 3.32. The molecule has 0 saturated carbocycles. The van der Waals surface area contributed by atoms with Gasteiger partial charge >= 0.3 is 141 Å². The molecule has 0 bridgehead atoms. The Morgan fingerprint density at radius 2 is 1.67 bits per heavy atom. The number of hydrogen-bond acceptors (Lipinski definition) is 0. The zero-order valence-electron chi connectivity index (χ0n) is 14.0. The van der Waals surface area contributed by atoms with Crippen LogP contribution >= 0.6 is 24.8 Å². The molecule has 2 aromatic rings. The van der Waals surface area contributed by atoms with Crippen molar-refractivity contribution in [2.75, 3.05) is 0 Å². The van der Waals surface area contributed by atoms with Crippen molar-refractivity contribution in [3.05, 3.63) is 75.1 Å². The molecule has 0 heterocycles. The van der Waals surface area contributed by atoms with Gasteiger partial charge in [0.25, 0.3) is 0 Å². The molecule has 0 atom stereocenters. The van der Waals surface area contributed by atoms with Gasteiger partial charge in [0.05, 0.1) is 0 Å². The van der Waals surface area contributed by atoms with Gasteiger partial charge in [-0.3, -0.25) is 0 Å². The second-order valence-electron chi connectivity index (χ2n) is 6.36. The van der Waals surface area contributed by atoms with Gasteiger partial charge in [-0.15, -0.1) is 24.8 Å². The fourth-order valence-electron chi connectivity index (χ4n) is 3.79. The summed E-state index contributed by atoms with van der Waals surface area (Å²) in [6, 6.07) is 15.9. The summed E-state index contributed by atoms with van der Waals surface area (Å²) in [5.41, 5.74) is 6.06. The first-order valence-corrected chi connectivity index (χ1v) is 11.7. The van der Waals surface area contributed by atoms with Gasteiger partial charge in [0.1, 0.15) is 0 Å². The summed E-state index contributed by atoms with van der Waals surface area (Å²) in [5.74, 6) is 0. The molecule has 0 spiro atoms. The molecule has 2 aliphatic carbocycles. The summed E-state index contributed by atoms with van der Waals surface area (Å²) in [7, 11) is 0. The molecule has 124 valence electrons. The maximum atomic E-state index is 2.42. The number of halogens is 2. The van der Waals surface area contributed by atoms with E-state index in [4.69, 9.17) is 0 Å². The average Bonchev–Trinajstić information content (AvgIpc) is 3.15. The van der Waals surface area contributed by atoms with Crippen molar-refractivity contribution < 1.29 is 21.3 Å². The van der Waals surface area contributed by atoms with Crippen molar-refractivity contribution in [1.82, 2.24) is 0 Å². The van der Waals surface area contributed by atoms with Crippen molar-refractivity contribution in [2.24, 2.45) is 0 Å². The Labute approximate surface area is 164 Å². The van der Waals surface area contributed by atoms with Gasteiger partial charge < -0.3 is 0 Å². The zero-order valence-corrected chi connectivity index (χ0v) is 18.1. The standard InChI is InChI=1S/C13H9.C5H5.C3H6.2ClH.Zr/c1-3-7-12-10(5-1)9-11-6-2-4-8-13(11)12;1-2-4-5-3-1;1-3-2;;;/h1-5,7-8H,9H2;1-3H,4H2;1-2H3;2*1H;. The van der Waals surface area contributed by atoms with Gasteiger partial charge in [0, 0.05) is 0 Å². The number of hydrogen-bond donors (Lipinski definition) is 0. The molecule has 0 unspecified atom stereocenters. The van der Waals surface area contributed by atoms with Gasteiger partial charge in [0.2, 0.25) is 0 Å². The van der Waals surface area contributed by atoms with Crippen LogP contribution in [0.15, 0.2) is 64.0 Å². The van der Waals surface area contributed by atoms with E-state index < -0.39 is 21.3 Å². The summed E-state index contributed by atoms with van der Waals surface area (Å²) in [6.45, 7) is 4.71. The molecule has 0 fully saturated rings. The fourth-order valence-corrected chi connectivity index (χ4v) is 10.9. The first kappa shape index (κ1) is 19.6. The quantitative estimate of drug-likeness (QED) is 0.505. The Morgan fingerprint density at radius 3 is 2.38 bits per heavy atom. The molecular formula is C21H22Cl2Zr. The molecule has 0 amide bonds. The van der Waals surface area contributed by atoms with E-state index in [1.54, 1.807) is 15.3 Å². The second kappa shape index (κ2) is 8.09. The Kier molecular flexibility index (Phi) is 6.60. The largest absolute Gasteiger partial charge is 0.147 e. The van der Waals surface area contributed by atoms with Gasteiger partial charge in [-0.25, -0.2) is 0 Å². The molecule has 0 aromatic heterocycles.